The molecule has 0 aliphatic carbocycles. The summed E-state index contributed by atoms with van der Waals surface area (Å²) in [7, 11) is 1.61. The number of hydrogen-bond donors (Lipinski definition) is 2. The summed E-state index contributed by atoms with van der Waals surface area (Å²) >= 11 is 3.41. The van der Waals surface area contributed by atoms with Crippen molar-refractivity contribution < 1.29 is 9.53 Å². The molecule has 3 rings (SSSR count). The van der Waals surface area contributed by atoms with Gasteiger partial charge >= 0.3 is 0 Å². The van der Waals surface area contributed by atoms with Gasteiger partial charge in [0.2, 0.25) is 0 Å². The number of nitrogens with zero attached hydrogens (tertiary/aromatic N) is 1. The Balaban J connectivity index is 1.72. The molecule has 0 bridgehead atoms. The molecule has 0 saturated heterocycles. The van der Waals surface area contributed by atoms with Crippen LogP contribution >= 0.6 is 15.9 Å². The Hall–Kier alpha value is -2.86. The zero-order valence-corrected chi connectivity index (χ0v) is 15.1. The van der Waals surface area contributed by atoms with Crippen molar-refractivity contribution in [1.29, 1.82) is 0 Å². The Morgan fingerprint density at radius 1 is 1.00 bits per heavy atom. The van der Waals surface area contributed by atoms with Crippen molar-refractivity contribution in [3.63, 3.8) is 0 Å². The highest BCUT2D eigenvalue weighted by atomic mass is 79.9. The highest BCUT2D eigenvalue weighted by Crippen LogP contribution is 2.26. The van der Waals surface area contributed by atoms with Gasteiger partial charge in [0.25, 0.3) is 5.91 Å². The van der Waals surface area contributed by atoms with Crippen LogP contribution in [0.2, 0.25) is 0 Å². The van der Waals surface area contributed by atoms with Gasteiger partial charge in [-0.2, -0.15) is 0 Å². The summed E-state index contributed by atoms with van der Waals surface area (Å²) < 4.78 is 6.12. The smallest absolute Gasteiger partial charge is 0.257 e. The largest absolute Gasteiger partial charge is 0.495 e. The molecule has 1 amide bonds. The van der Waals surface area contributed by atoms with E-state index in [0.29, 0.717) is 17.1 Å². The van der Waals surface area contributed by atoms with E-state index >= 15 is 0 Å². The molecule has 0 unspecified atom stereocenters. The van der Waals surface area contributed by atoms with Crippen LogP contribution < -0.4 is 15.4 Å². The van der Waals surface area contributed by atoms with Crippen molar-refractivity contribution in [2.45, 2.75) is 0 Å². The number of para-hydroxylation sites is 3. The van der Waals surface area contributed by atoms with E-state index in [4.69, 9.17) is 4.74 Å². The zero-order valence-electron chi connectivity index (χ0n) is 13.5. The lowest BCUT2D eigenvalue weighted by molar-refractivity contribution is 0.102. The number of benzene rings is 2. The van der Waals surface area contributed by atoms with Crippen LogP contribution in [0, 0.1) is 0 Å². The van der Waals surface area contributed by atoms with Crippen LogP contribution in [-0.2, 0) is 0 Å². The third-order valence-electron chi connectivity index (χ3n) is 3.52. The highest BCUT2D eigenvalue weighted by Gasteiger charge is 2.09. The number of halogens is 1. The average Bonchev–Trinajstić information content (AvgIpc) is 2.64. The summed E-state index contributed by atoms with van der Waals surface area (Å²) in [4.78, 5) is 16.6. The molecule has 2 N–H and O–H groups in total. The molecule has 126 valence electrons. The second-order valence-corrected chi connectivity index (χ2v) is 6.05. The molecule has 0 spiro atoms. The van der Waals surface area contributed by atoms with Gasteiger partial charge < -0.3 is 15.4 Å². The number of aromatic nitrogens is 1. The second kappa shape index (κ2) is 7.81. The fourth-order valence-corrected chi connectivity index (χ4v) is 2.63. The Morgan fingerprint density at radius 2 is 1.72 bits per heavy atom. The summed E-state index contributed by atoms with van der Waals surface area (Å²) in [6.07, 6.45) is 1.53. The summed E-state index contributed by atoms with van der Waals surface area (Å²) in [5, 5.41) is 6.02. The average molecular weight is 398 g/mol. The van der Waals surface area contributed by atoms with Crippen LogP contribution in [0.25, 0.3) is 0 Å². The van der Waals surface area contributed by atoms with Crippen molar-refractivity contribution in [2.24, 2.45) is 0 Å². The molecular formula is C19H16BrN3O2. The first-order chi connectivity index (χ1) is 12.2. The fraction of sp³-hybridized carbons (Fsp3) is 0.0526. The molecule has 0 radical (unpaired) electrons. The minimum atomic E-state index is -0.219. The summed E-state index contributed by atoms with van der Waals surface area (Å²) in [5.41, 5.74) is 1.99. The Bertz CT molecular complexity index is 882. The highest BCUT2D eigenvalue weighted by molar-refractivity contribution is 9.10. The number of carbonyl (C=O) groups excluding carboxylic acids is 1. The summed E-state index contributed by atoms with van der Waals surface area (Å²) in [6, 6.07) is 18.5. The number of nitrogens with one attached hydrogen (secondary N) is 2. The van der Waals surface area contributed by atoms with E-state index in [9.17, 15) is 4.79 Å². The first-order valence-corrected chi connectivity index (χ1v) is 8.38. The molecule has 1 heterocycles. The van der Waals surface area contributed by atoms with Crippen LogP contribution in [0.15, 0.2) is 71.3 Å². The molecule has 2 aromatic carbocycles. The van der Waals surface area contributed by atoms with Gasteiger partial charge in [0.05, 0.1) is 24.0 Å². The quantitative estimate of drug-likeness (QED) is 0.645. The topological polar surface area (TPSA) is 63.2 Å². The monoisotopic (exact) mass is 397 g/mol. The first-order valence-electron chi connectivity index (χ1n) is 7.59. The Kier molecular flexibility index (Phi) is 5.30. The van der Waals surface area contributed by atoms with E-state index in [0.717, 1.165) is 15.9 Å². The standard InChI is InChI=1S/C19H16BrN3O2/c1-25-17-9-5-4-8-16(17)22-18-11-10-13(12-21-18)19(24)23-15-7-3-2-6-14(15)20/h2-12H,1H3,(H,21,22)(H,23,24). The van der Waals surface area contributed by atoms with Crippen molar-refractivity contribution in [2.75, 3.05) is 17.7 Å². The number of hydrogen-bond acceptors (Lipinski definition) is 4. The SMILES string of the molecule is COc1ccccc1Nc1ccc(C(=O)Nc2ccccc2Br)cn1. The van der Waals surface area contributed by atoms with Crippen molar-refractivity contribution in [3.05, 3.63) is 76.9 Å². The van der Waals surface area contributed by atoms with E-state index in [1.54, 1.807) is 19.2 Å². The molecule has 25 heavy (non-hydrogen) atoms. The van der Waals surface area contributed by atoms with Crippen LogP contribution in [-0.4, -0.2) is 18.0 Å². The number of amides is 1. The maximum atomic E-state index is 12.3. The van der Waals surface area contributed by atoms with E-state index in [1.807, 2.05) is 48.5 Å². The molecule has 0 fully saturated rings. The van der Waals surface area contributed by atoms with Gasteiger partial charge in [-0.15, -0.1) is 0 Å². The van der Waals surface area contributed by atoms with Gasteiger partial charge in [0.1, 0.15) is 11.6 Å². The maximum absolute atomic E-state index is 12.3. The van der Waals surface area contributed by atoms with E-state index in [2.05, 4.69) is 31.5 Å². The molecular weight excluding hydrogens is 382 g/mol. The van der Waals surface area contributed by atoms with Crippen LogP contribution in [0.3, 0.4) is 0 Å². The Labute approximate surface area is 154 Å². The van der Waals surface area contributed by atoms with E-state index < -0.39 is 0 Å². The van der Waals surface area contributed by atoms with Crippen molar-refractivity contribution in [1.82, 2.24) is 4.98 Å². The molecule has 0 aliphatic rings. The maximum Gasteiger partial charge on any atom is 0.257 e. The molecule has 0 saturated carbocycles. The lowest BCUT2D eigenvalue weighted by Crippen LogP contribution is -2.12. The van der Waals surface area contributed by atoms with Gasteiger partial charge in [-0.1, -0.05) is 24.3 Å². The third-order valence-corrected chi connectivity index (χ3v) is 4.21. The van der Waals surface area contributed by atoms with Crippen LogP contribution in [0.1, 0.15) is 10.4 Å². The van der Waals surface area contributed by atoms with Gasteiger partial charge in [0.15, 0.2) is 0 Å². The summed E-state index contributed by atoms with van der Waals surface area (Å²) in [5.74, 6) is 1.13. The molecule has 0 atom stereocenters. The van der Waals surface area contributed by atoms with Gasteiger partial charge in [-0.25, -0.2) is 4.98 Å². The van der Waals surface area contributed by atoms with Gasteiger partial charge in [-0.05, 0) is 52.3 Å². The number of carbonyl (C=O) groups is 1. The second-order valence-electron chi connectivity index (χ2n) is 5.19. The van der Waals surface area contributed by atoms with E-state index in [1.165, 1.54) is 6.20 Å². The number of anilines is 3. The predicted molar refractivity (Wildman–Crippen MR) is 103 cm³/mol. The van der Waals surface area contributed by atoms with Gasteiger partial charge in [-0.3, -0.25) is 4.79 Å². The molecule has 1 aromatic heterocycles. The molecule has 6 heteroatoms. The van der Waals surface area contributed by atoms with Crippen molar-refractivity contribution in [3.8, 4) is 5.75 Å². The number of methoxy groups -OCH3 is 1. The van der Waals surface area contributed by atoms with Crippen LogP contribution in [0.4, 0.5) is 17.2 Å². The molecule has 3 aromatic rings. The lowest BCUT2D eigenvalue weighted by Gasteiger charge is -2.11. The molecule has 5 nitrogen and oxygen atoms in total. The minimum absolute atomic E-state index is 0.219. The van der Waals surface area contributed by atoms with Crippen LogP contribution in [0.5, 0.6) is 5.75 Å². The predicted octanol–water partition coefficient (Wildman–Crippen LogP) is 4.85. The first kappa shape index (κ1) is 17.0. The Morgan fingerprint density at radius 3 is 2.40 bits per heavy atom. The molecule has 0 aliphatic heterocycles. The van der Waals surface area contributed by atoms with Gasteiger partial charge in [0, 0.05) is 10.7 Å². The zero-order chi connectivity index (χ0) is 17.6. The number of rotatable bonds is 5. The minimum Gasteiger partial charge on any atom is -0.495 e. The summed E-state index contributed by atoms with van der Waals surface area (Å²) in [6.45, 7) is 0. The lowest BCUT2D eigenvalue weighted by atomic mass is 10.2. The number of pyridine rings is 1. The third kappa shape index (κ3) is 4.16. The van der Waals surface area contributed by atoms with Crippen molar-refractivity contribution >= 4 is 39.0 Å². The fourth-order valence-electron chi connectivity index (χ4n) is 2.25. The normalized spacial score (nSPS) is 10.2. The van der Waals surface area contributed by atoms with E-state index in [-0.39, 0.29) is 5.91 Å². The number of ether oxygens (including phenoxy) is 1.